The van der Waals surface area contributed by atoms with Gasteiger partial charge in [0.2, 0.25) is 0 Å². The van der Waals surface area contributed by atoms with Gasteiger partial charge in [0, 0.05) is 42.5 Å². The lowest BCUT2D eigenvalue weighted by Gasteiger charge is -2.22. The Labute approximate surface area is 135 Å². The Morgan fingerprint density at radius 2 is 1.77 bits per heavy atom. The molecule has 0 saturated carbocycles. The summed E-state index contributed by atoms with van der Waals surface area (Å²) in [5, 5.41) is 4.05. The SMILES string of the molecule is Fc1cccc(N2CCCC2)c1CNCc1ccccc1Cl. The molecule has 0 spiro atoms. The third-order valence-corrected chi connectivity index (χ3v) is 4.48. The maximum absolute atomic E-state index is 14.2. The fourth-order valence-corrected chi connectivity index (χ4v) is 3.14. The van der Waals surface area contributed by atoms with Crippen molar-refractivity contribution in [2.24, 2.45) is 0 Å². The van der Waals surface area contributed by atoms with Crippen LogP contribution in [0.2, 0.25) is 5.02 Å². The molecule has 0 amide bonds. The molecule has 2 aromatic rings. The van der Waals surface area contributed by atoms with Crippen molar-refractivity contribution < 1.29 is 4.39 Å². The first-order valence-corrected chi connectivity index (χ1v) is 8.10. The van der Waals surface area contributed by atoms with Gasteiger partial charge in [0.25, 0.3) is 0 Å². The summed E-state index contributed by atoms with van der Waals surface area (Å²) in [6.07, 6.45) is 2.37. The molecule has 4 heteroatoms. The summed E-state index contributed by atoms with van der Waals surface area (Å²) < 4.78 is 14.2. The van der Waals surface area contributed by atoms with E-state index in [0.29, 0.717) is 13.1 Å². The highest BCUT2D eigenvalue weighted by Gasteiger charge is 2.17. The summed E-state index contributed by atoms with van der Waals surface area (Å²) in [5.41, 5.74) is 2.80. The minimum absolute atomic E-state index is 0.143. The van der Waals surface area contributed by atoms with Crippen molar-refractivity contribution in [2.45, 2.75) is 25.9 Å². The quantitative estimate of drug-likeness (QED) is 0.880. The highest BCUT2D eigenvalue weighted by Crippen LogP contribution is 2.26. The number of benzene rings is 2. The lowest BCUT2D eigenvalue weighted by atomic mass is 10.1. The minimum Gasteiger partial charge on any atom is -0.371 e. The van der Waals surface area contributed by atoms with Gasteiger partial charge < -0.3 is 10.2 Å². The molecule has 0 unspecified atom stereocenters. The molecule has 0 radical (unpaired) electrons. The lowest BCUT2D eigenvalue weighted by Crippen LogP contribution is -2.22. The fourth-order valence-electron chi connectivity index (χ4n) is 2.94. The van der Waals surface area contributed by atoms with E-state index in [-0.39, 0.29) is 5.82 Å². The summed E-state index contributed by atoms with van der Waals surface area (Å²) in [4.78, 5) is 2.27. The van der Waals surface area contributed by atoms with Crippen LogP contribution in [0.15, 0.2) is 42.5 Å². The summed E-state index contributed by atoms with van der Waals surface area (Å²) >= 11 is 6.15. The topological polar surface area (TPSA) is 15.3 Å². The lowest BCUT2D eigenvalue weighted by molar-refractivity contribution is 0.587. The van der Waals surface area contributed by atoms with Crippen LogP contribution >= 0.6 is 11.6 Å². The van der Waals surface area contributed by atoms with Gasteiger partial charge in [-0.1, -0.05) is 35.9 Å². The van der Waals surface area contributed by atoms with E-state index in [1.54, 1.807) is 6.07 Å². The number of rotatable bonds is 5. The summed E-state index contributed by atoms with van der Waals surface area (Å²) in [5.74, 6) is -0.143. The number of anilines is 1. The van der Waals surface area contributed by atoms with E-state index in [9.17, 15) is 4.39 Å². The normalized spacial score (nSPS) is 14.5. The Bertz CT molecular complexity index is 639. The maximum atomic E-state index is 14.2. The molecule has 0 aromatic heterocycles. The van der Waals surface area contributed by atoms with E-state index in [1.807, 2.05) is 30.3 Å². The van der Waals surface area contributed by atoms with Gasteiger partial charge in [-0.2, -0.15) is 0 Å². The largest absolute Gasteiger partial charge is 0.371 e. The van der Waals surface area contributed by atoms with Crippen molar-refractivity contribution in [3.8, 4) is 0 Å². The van der Waals surface area contributed by atoms with Gasteiger partial charge in [0.05, 0.1) is 0 Å². The Morgan fingerprint density at radius 3 is 2.55 bits per heavy atom. The van der Waals surface area contributed by atoms with Gasteiger partial charge in [-0.25, -0.2) is 4.39 Å². The van der Waals surface area contributed by atoms with Gasteiger partial charge in [0.15, 0.2) is 0 Å². The molecule has 116 valence electrons. The van der Waals surface area contributed by atoms with E-state index >= 15 is 0 Å². The number of hydrogen-bond donors (Lipinski definition) is 1. The second-order valence-electron chi connectivity index (χ2n) is 5.63. The third kappa shape index (κ3) is 3.42. The van der Waals surface area contributed by atoms with Crippen LogP contribution in [0, 0.1) is 5.82 Å². The molecule has 0 atom stereocenters. The Morgan fingerprint density at radius 1 is 1.00 bits per heavy atom. The van der Waals surface area contributed by atoms with Crippen LogP contribution in [-0.4, -0.2) is 13.1 Å². The standard InChI is InChI=1S/C18H20ClFN2/c19-16-7-2-1-6-14(16)12-21-13-15-17(20)8-5-9-18(15)22-10-3-4-11-22/h1-2,5-9,21H,3-4,10-13H2. The number of hydrogen-bond acceptors (Lipinski definition) is 2. The maximum Gasteiger partial charge on any atom is 0.129 e. The summed E-state index contributed by atoms with van der Waals surface area (Å²) in [7, 11) is 0. The number of nitrogens with one attached hydrogen (secondary N) is 1. The van der Waals surface area contributed by atoms with Crippen molar-refractivity contribution in [3.63, 3.8) is 0 Å². The number of nitrogens with zero attached hydrogens (tertiary/aromatic N) is 1. The van der Waals surface area contributed by atoms with Crippen LogP contribution in [-0.2, 0) is 13.1 Å². The first kappa shape index (κ1) is 15.3. The molecular weight excluding hydrogens is 299 g/mol. The monoisotopic (exact) mass is 318 g/mol. The zero-order chi connectivity index (χ0) is 15.4. The molecule has 1 heterocycles. The molecule has 2 aromatic carbocycles. The predicted molar refractivity (Wildman–Crippen MR) is 89.8 cm³/mol. The molecule has 22 heavy (non-hydrogen) atoms. The van der Waals surface area contributed by atoms with Crippen molar-refractivity contribution in [3.05, 3.63) is 64.4 Å². The molecule has 1 aliphatic rings. The molecule has 0 bridgehead atoms. The van der Waals surface area contributed by atoms with E-state index in [2.05, 4.69) is 10.2 Å². The van der Waals surface area contributed by atoms with Crippen LogP contribution in [0.3, 0.4) is 0 Å². The average molecular weight is 319 g/mol. The molecule has 3 rings (SSSR count). The van der Waals surface area contributed by atoms with E-state index < -0.39 is 0 Å². The van der Waals surface area contributed by atoms with Crippen LogP contribution < -0.4 is 10.2 Å². The zero-order valence-electron chi connectivity index (χ0n) is 12.5. The first-order valence-electron chi connectivity index (χ1n) is 7.72. The van der Waals surface area contributed by atoms with Crippen LogP contribution in [0.25, 0.3) is 0 Å². The van der Waals surface area contributed by atoms with Crippen LogP contribution in [0.1, 0.15) is 24.0 Å². The van der Waals surface area contributed by atoms with E-state index in [0.717, 1.165) is 34.9 Å². The highest BCUT2D eigenvalue weighted by atomic mass is 35.5. The van der Waals surface area contributed by atoms with E-state index in [4.69, 9.17) is 11.6 Å². The molecule has 1 saturated heterocycles. The molecule has 1 N–H and O–H groups in total. The molecular formula is C18H20ClFN2. The fraction of sp³-hybridized carbons (Fsp3) is 0.333. The Hall–Kier alpha value is -1.58. The second kappa shape index (κ2) is 7.12. The molecule has 1 fully saturated rings. The smallest absolute Gasteiger partial charge is 0.129 e. The third-order valence-electron chi connectivity index (χ3n) is 4.12. The zero-order valence-corrected chi connectivity index (χ0v) is 13.2. The van der Waals surface area contributed by atoms with E-state index in [1.165, 1.54) is 18.9 Å². The van der Waals surface area contributed by atoms with Gasteiger partial charge in [-0.05, 0) is 36.6 Å². The summed E-state index contributed by atoms with van der Waals surface area (Å²) in [6.45, 7) is 3.17. The Balaban J connectivity index is 1.70. The molecule has 1 aliphatic heterocycles. The van der Waals surface area contributed by atoms with Crippen LogP contribution in [0.4, 0.5) is 10.1 Å². The van der Waals surface area contributed by atoms with Crippen molar-refractivity contribution in [1.82, 2.24) is 5.32 Å². The second-order valence-corrected chi connectivity index (χ2v) is 6.03. The van der Waals surface area contributed by atoms with Gasteiger partial charge >= 0.3 is 0 Å². The Kier molecular flexibility index (Phi) is 4.96. The van der Waals surface area contributed by atoms with Gasteiger partial charge in [0.1, 0.15) is 5.82 Å². The minimum atomic E-state index is -0.143. The van der Waals surface area contributed by atoms with Crippen LogP contribution in [0.5, 0.6) is 0 Å². The van der Waals surface area contributed by atoms with Crippen molar-refractivity contribution >= 4 is 17.3 Å². The predicted octanol–water partition coefficient (Wildman–Crippen LogP) is 4.37. The summed E-state index contributed by atoms with van der Waals surface area (Å²) in [6, 6.07) is 13.1. The van der Waals surface area contributed by atoms with Crippen molar-refractivity contribution in [2.75, 3.05) is 18.0 Å². The molecule has 2 nitrogen and oxygen atoms in total. The first-order chi connectivity index (χ1) is 10.8. The van der Waals surface area contributed by atoms with Crippen molar-refractivity contribution in [1.29, 1.82) is 0 Å². The molecule has 0 aliphatic carbocycles. The van der Waals surface area contributed by atoms with Gasteiger partial charge in [-0.15, -0.1) is 0 Å². The number of halogens is 2. The average Bonchev–Trinajstić information content (AvgIpc) is 3.05. The van der Waals surface area contributed by atoms with Gasteiger partial charge in [-0.3, -0.25) is 0 Å². The highest BCUT2D eigenvalue weighted by molar-refractivity contribution is 6.31.